The molecule has 2 N–H and O–H groups in total. The first-order valence-corrected chi connectivity index (χ1v) is 6.80. The largest absolute Gasteiger partial charge is 0.326 e. The first-order valence-electron chi connectivity index (χ1n) is 5.44. The zero-order chi connectivity index (χ0) is 12.1. The van der Waals surface area contributed by atoms with Crippen molar-refractivity contribution in [3.63, 3.8) is 0 Å². The Morgan fingerprint density at radius 2 is 1.71 bits per heavy atom. The molecule has 3 heteroatoms. The fourth-order valence-corrected chi connectivity index (χ4v) is 2.66. The van der Waals surface area contributed by atoms with Gasteiger partial charge < -0.3 is 5.73 Å². The number of hydrogen-bond donors (Lipinski definition) is 1. The summed E-state index contributed by atoms with van der Waals surface area (Å²) in [6.45, 7) is 0.599. The molecule has 0 bridgehead atoms. The Hall–Kier alpha value is -0.960. The average molecular weight is 264 g/mol. The van der Waals surface area contributed by atoms with Gasteiger partial charge in [-0.3, -0.25) is 0 Å². The van der Waals surface area contributed by atoms with E-state index in [1.165, 1.54) is 16.0 Å². The van der Waals surface area contributed by atoms with Crippen LogP contribution in [0, 0.1) is 0 Å². The van der Waals surface area contributed by atoms with Crippen molar-refractivity contribution in [2.75, 3.05) is 0 Å². The van der Waals surface area contributed by atoms with Gasteiger partial charge in [-0.2, -0.15) is 0 Å². The molecule has 0 radical (unpaired) electrons. The highest BCUT2D eigenvalue weighted by atomic mass is 35.5. The van der Waals surface area contributed by atoms with E-state index in [4.69, 9.17) is 17.3 Å². The molecule has 0 aliphatic carbocycles. The lowest BCUT2D eigenvalue weighted by atomic mass is 10.1. The molecule has 0 spiro atoms. The molecule has 0 heterocycles. The van der Waals surface area contributed by atoms with E-state index in [1.807, 2.05) is 18.2 Å². The van der Waals surface area contributed by atoms with Crippen molar-refractivity contribution in [3.8, 4) is 0 Å². The van der Waals surface area contributed by atoms with E-state index in [0.717, 1.165) is 10.8 Å². The number of benzene rings is 2. The minimum absolute atomic E-state index is 0.599. The molecule has 0 atom stereocenters. The van der Waals surface area contributed by atoms with Gasteiger partial charge in [0.05, 0.1) is 0 Å². The third kappa shape index (κ3) is 3.77. The van der Waals surface area contributed by atoms with Crippen LogP contribution in [-0.4, -0.2) is 0 Å². The molecule has 0 aromatic heterocycles. The lowest BCUT2D eigenvalue weighted by Gasteiger charge is -2.03. The molecule has 0 aliphatic rings. The number of thioether (sulfide) groups is 1. The third-order valence-corrected chi connectivity index (χ3v) is 3.76. The molecule has 88 valence electrons. The Balaban J connectivity index is 1.97. The van der Waals surface area contributed by atoms with Gasteiger partial charge in [0.25, 0.3) is 0 Å². The minimum atomic E-state index is 0.599. The fraction of sp³-hybridized carbons (Fsp3) is 0.143. The first kappa shape index (κ1) is 12.5. The summed E-state index contributed by atoms with van der Waals surface area (Å²) in [5, 5.41) is 0.786. The van der Waals surface area contributed by atoms with Gasteiger partial charge in [0, 0.05) is 22.2 Å². The smallest absolute Gasteiger partial charge is 0.0417 e. The monoisotopic (exact) mass is 263 g/mol. The number of hydrogen-bond acceptors (Lipinski definition) is 2. The fourth-order valence-electron chi connectivity index (χ4n) is 1.50. The number of nitrogens with two attached hydrogens (primary N) is 1. The zero-order valence-electron chi connectivity index (χ0n) is 9.40. The Bertz CT molecular complexity index is 482. The normalized spacial score (nSPS) is 10.5. The van der Waals surface area contributed by atoms with Gasteiger partial charge in [-0.05, 0) is 29.3 Å². The van der Waals surface area contributed by atoms with E-state index in [-0.39, 0.29) is 0 Å². The summed E-state index contributed by atoms with van der Waals surface area (Å²) in [5.74, 6) is 0.950. The topological polar surface area (TPSA) is 26.0 Å². The molecule has 2 rings (SSSR count). The van der Waals surface area contributed by atoms with Gasteiger partial charge in [-0.1, -0.05) is 41.9 Å². The maximum atomic E-state index is 5.94. The highest BCUT2D eigenvalue weighted by molar-refractivity contribution is 7.98. The van der Waals surface area contributed by atoms with Crippen LogP contribution in [-0.2, 0) is 12.3 Å². The molecule has 0 fully saturated rings. The van der Waals surface area contributed by atoms with Crippen molar-refractivity contribution in [1.29, 1.82) is 0 Å². The molecule has 0 amide bonds. The molecule has 17 heavy (non-hydrogen) atoms. The van der Waals surface area contributed by atoms with Crippen molar-refractivity contribution < 1.29 is 0 Å². The quantitative estimate of drug-likeness (QED) is 0.841. The van der Waals surface area contributed by atoms with Crippen LogP contribution in [0.4, 0.5) is 0 Å². The number of rotatable bonds is 4. The SMILES string of the molecule is NCc1ccc(CSc2cccc(Cl)c2)cc1. The Kier molecular flexibility index (Phi) is 4.49. The van der Waals surface area contributed by atoms with E-state index < -0.39 is 0 Å². The summed E-state index contributed by atoms with van der Waals surface area (Å²) in [7, 11) is 0. The van der Waals surface area contributed by atoms with Crippen molar-refractivity contribution in [3.05, 3.63) is 64.7 Å². The highest BCUT2D eigenvalue weighted by Gasteiger charge is 1.97. The second kappa shape index (κ2) is 6.10. The van der Waals surface area contributed by atoms with E-state index >= 15 is 0 Å². The summed E-state index contributed by atoms with van der Waals surface area (Å²) >= 11 is 7.72. The van der Waals surface area contributed by atoms with Crippen LogP contribution in [0.25, 0.3) is 0 Å². The lowest BCUT2D eigenvalue weighted by Crippen LogP contribution is -1.95. The van der Waals surface area contributed by atoms with E-state index in [9.17, 15) is 0 Å². The van der Waals surface area contributed by atoms with Gasteiger partial charge in [-0.15, -0.1) is 11.8 Å². The third-order valence-electron chi connectivity index (χ3n) is 2.46. The van der Waals surface area contributed by atoms with Crippen LogP contribution in [0.1, 0.15) is 11.1 Å². The molecule has 0 saturated carbocycles. The molecule has 2 aromatic rings. The van der Waals surface area contributed by atoms with Gasteiger partial charge in [-0.25, -0.2) is 0 Å². The predicted octanol–water partition coefficient (Wildman–Crippen LogP) is 4.09. The minimum Gasteiger partial charge on any atom is -0.326 e. The predicted molar refractivity (Wildman–Crippen MR) is 75.3 cm³/mol. The van der Waals surface area contributed by atoms with Gasteiger partial charge >= 0.3 is 0 Å². The number of halogens is 1. The standard InChI is InChI=1S/C14H14ClNS/c15-13-2-1-3-14(8-13)17-10-12-6-4-11(9-16)5-7-12/h1-8H,9-10,16H2. The van der Waals surface area contributed by atoms with E-state index in [2.05, 4.69) is 30.3 Å². The van der Waals surface area contributed by atoms with Crippen LogP contribution >= 0.6 is 23.4 Å². The first-order chi connectivity index (χ1) is 8.28. The van der Waals surface area contributed by atoms with Crippen molar-refractivity contribution in [2.24, 2.45) is 5.73 Å². The van der Waals surface area contributed by atoms with E-state index in [0.29, 0.717) is 6.54 Å². The summed E-state index contributed by atoms with van der Waals surface area (Å²) in [6, 6.07) is 16.3. The van der Waals surface area contributed by atoms with Crippen molar-refractivity contribution in [1.82, 2.24) is 0 Å². The van der Waals surface area contributed by atoms with Gasteiger partial charge in [0.1, 0.15) is 0 Å². The molecule has 2 aromatic carbocycles. The van der Waals surface area contributed by atoms with Crippen molar-refractivity contribution >= 4 is 23.4 Å². The second-order valence-electron chi connectivity index (χ2n) is 3.77. The maximum Gasteiger partial charge on any atom is 0.0417 e. The highest BCUT2D eigenvalue weighted by Crippen LogP contribution is 2.25. The zero-order valence-corrected chi connectivity index (χ0v) is 11.0. The Morgan fingerprint density at radius 1 is 1.00 bits per heavy atom. The van der Waals surface area contributed by atoms with Crippen LogP contribution in [0.5, 0.6) is 0 Å². The second-order valence-corrected chi connectivity index (χ2v) is 5.25. The maximum absolute atomic E-state index is 5.94. The van der Waals surface area contributed by atoms with Crippen LogP contribution in [0.15, 0.2) is 53.4 Å². The summed E-state index contributed by atoms with van der Waals surface area (Å²) in [5.41, 5.74) is 8.03. The molecular weight excluding hydrogens is 250 g/mol. The van der Waals surface area contributed by atoms with Gasteiger partial charge in [0.2, 0.25) is 0 Å². The molecule has 0 saturated heterocycles. The average Bonchev–Trinajstić information content (AvgIpc) is 2.37. The Labute approximate surface area is 111 Å². The molecule has 0 unspecified atom stereocenters. The summed E-state index contributed by atoms with van der Waals surface area (Å²) in [4.78, 5) is 1.19. The van der Waals surface area contributed by atoms with Crippen LogP contribution in [0.2, 0.25) is 5.02 Å². The Morgan fingerprint density at radius 3 is 2.35 bits per heavy atom. The summed E-state index contributed by atoms with van der Waals surface area (Å²) < 4.78 is 0. The molecule has 0 aliphatic heterocycles. The molecule has 1 nitrogen and oxygen atoms in total. The van der Waals surface area contributed by atoms with Crippen LogP contribution in [0.3, 0.4) is 0 Å². The van der Waals surface area contributed by atoms with Crippen molar-refractivity contribution in [2.45, 2.75) is 17.2 Å². The van der Waals surface area contributed by atoms with Crippen LogP contribution < -0.4 is 5.73 Å². The summed E-state index contributed by atoms with van der Waals surface area (Å²) in [6.07, 6.45) is 0. The molecular formula is C14H14ClNS. The lowest BCUT2D eigenvalue weighted by molar-refractivity contribution is 1.07. The van der Waals surface area contributed by atoms with Gasteiger partial charge in [0.15, 0.2) is 0 Å². The van der Waals surface area contributed by atoms with E-state index in [1.54, 1.807) is 11.8 Å².